The molecular formula is C21H24FN3O3. The minimum Gasteiger partial charge on any atom is -0.348 e. The number of benzene rings is 1. The van der Waals surface area contributed by atoms with Gasteiger partial charge >= 0.3 is 6.03 Å². The molecular weight excluding hydrogens is 361 g/mol. The van der Waals surface area contributed by atoms with Crippen LogP contribution in [0.25, 0.3) is 0 Å². The molecule has 1 aliphatic rings. The molecule has 1 aliphatic heterocycles. The average molecular weight is 385 g/mol. The summed E-state index contributed by atoms with van der Waals surface area (Å²) in [6, 6.07) is 6.54. The number of urea groups is 1. The van der Waals surface area contributed by atoms with Gasteiger partial charge in [-0.15, -0.1) is 0 Å². The first kappa shape index (κ1) is 19.8. The Labute approximate surface area is 163 Å². The SMILES string of the molecule is CCCn1c(C)cc(C(=O)CN2C(=O)NC(C)(c3ccc(F)cc3)C2=O)c1C. The molecule has 0 spiro atoms. The Morgan fingerprint density at radius 1 is 1.18 bits per heavy atom. The molecule has 1 N–H and O–H groups in total. The molecule has 2 aromatic rings. The maximum absolute atomic E-state index is 13.2. The molecule has 1 aromatic carbocycles. The van der Waals surface area contributed by atoms with E-state index in [1.807, 2.05) is 13.8 Å². The zero-order valence-electron chi connectivity index (χ0n) is 16.5. The maximum Gasteiger partial charge on any atom is 0.325 e. The number of carbonyl (C=O) groups excluding carboxylic acids is 3. The summed E-state index contributed by atoms with van der Waals surface area (Å²) in [6.07, 6.45) is 0.938. The third-order valence-corrected chi connectivity index (χ3v) is 5.32. The van der Waals surface area contributed by atoms with Crippen molar-refractivity contribution in [3.05, 3.63) is 58.7 Å². The summed E-state index contributed by atoms with van der Waals surface area (Å²) in [4.78, 5) is 39.1. The molecule has 1 unspecified atom stereocenters. The molecule has 3 amide bonds. The number of nitrogens with one attached hydrogen (secondary N) is 1. The highest BCUT2D eigenvalue weighted by molar-refractivity contribution is 6.11. The van der Waals surface area contributed by atoms with Crippen molar-refractivity contribution in [2.24, 2.45) is 0 Å². The normalized spacial score (nSPS) is 19.2. The summed E-state index contributed by atoms with van der Waals surface area (Å²) in [5, 5.41) is 2.63. The number of aromatic nitrogens is 1. The van der Waals surface area contributed by atoms with Crippen LogP contribution in [0.3, 0.4) is 0 Å². The Balaban J connectivity index is 1.84. The molecule has 3 rings (SSSR count). The molecule has 1 fully saturated rings. The van der Waals surface area contributed by atoms with Crippen molar-refractivity contribution in [1.82, 2.24) is 14.8 Å². The van der Waals surface area contributed by atoms with Gasteiger partial charge in [-0.05, 0) is 51.0 Å². The zero-order valence-corrected chi connectivity index (χ0v) is 16.5. The lowest BCUT2D eigenvalue weighted by molar-refractivity contribution is -0.130. The van der Waals surface area contributed by atoms with Crippen molar-refractivity contribution in [2.45, 2.75) is 46.2 Å². The number of halogens is 1. The standard InChI is InChI=1S/C21H24FN3O3/c1-5-10-24-13(2)11-17(14(24)3)18(26)12-25-19(27)21(4,23-20(25)28)15-6-8-16(22)9-7-15/h6-9,11H,5,10,12H2,1-4H3,(H,23,28). The Morgan fingerprint density at radius 2 is 1.82 bits per heavy atom. The molecule has 0 aliphatic carbocycles. The fourth-order valence-corrected chi connectivity index (χ4v) is 3.70. The lowest BCUT2D eigenvalue weighted by Crippen LogP contribution is -2.41. The van der Waals surface area contributed by atoms with Crippen molar-refractivity contribution in [1.29, 1.82) is 0 Å². The number of hydrogen-bond acceptors (Lipinski definition) is 3. The Bertz CT molecular complexity index is 949. The molecule has 28 heavy (non-hydrogen) atoms. The first-order valence-corrected chi connectivity index (χ1v) is 9.29. The smallest absolute Gasteiger partial charge is 0.325 e. The minimum absolute atomic E-state index is 0.290. The van der Waals surface area contributed by atoms with Gasteiger partial charge in [0.25, 0.3) is 5.91 Å². The van der Waals surface area contributed by atoms with Crippen LogP contribution < -0.4 is 5.32 Å². The van der Waals surface area contributed by atoms with Crippen molar-refractivity contribution in [2.75, 3.05) is 6.54 Å². The minimum atomic E-state index is -1.33. The summed E-state index contributed by atoms with van der Waals surface area (Å²) < 4.78 is 15.3. The van der Waals surface area contributed by atoms with Crippen molar-refractivity contribution >= 4 is 17.7 Å². The van der Waals surface area contributed by atoms with Gasteiger partial charge in [-0.2, -0.15) is 0 Å². The molecule has 6 nitrogen and oxygen atoms in total. The largest absolute Gasteiger partial charge is 0.348 e. The third-order valence-electron chi connectivity index (χ3n) is 5.32. The number of carbonyl (C=O) groups is 3. The molecule has 0 saturated carbocycles. The number of aryl methyl sites for hydroxylation is 1. The summed E-state index contributed by atoms with van der Waals surface area (Å²) in [5.41, 5.74) is 1.45. The zero-order chi connectivity index (χ0) is 20.6. The van der Waals surface area contributed by atoms with Crippen LogP contribution in [0.4, 0.5) is 9.18 Å². The number of ketones is 1. The van der Waals surface area contributed by atoms with Crippen LogP contribution in [0.5, 0.6) is 0 Å². The fraction of sp³-hybridized carbons (Fsp3) is 0.381. The van der Waals surface area contributed by atoms with Crippen LogP contribution in [-0.2, 0) is 16.9 Å². The lowest BCUT2D eigenvalue weighted by atomic mass is 9.92. The number of hydrogen-bond donors (Lipinski definition) is 1. The average Bonchev–Trinajstić information content (AvgIpc) is 3.05. The van der Waals surface area contributed by atoms with Gasteiger partial charge < -0.3 is 9.88 Å². The molecule has 7 heteroatoms. The van der Waals surface area contributed by atoms with Gasteiger partial charge in [0.1, 0.15) is 11.4 Å². The van der Waals surface area contributed by atoms with Crippen LogP contribution in [0, 0.1) is 19.7 Å². The van der Waals surface area contributed by atoms with Gasteiger partial charge in [-0.1, -0.05) is 19.1 Å². The van der Waals surface area contributed by atoms with Gasteiger partial charge in [0.15, 0.2) is 5.78 Å². The van der Waals surface area contributed by atoms with Crippen LogP contribution in [-0.4, -0.2) is 33.7 Å². The molecule has 0 bridgehead atoms. The molecule has 2 heterocycles. The number of nitrogens with zero attached hydrogens (tertiary/aromatic N) is 2. The Hall–Kier alpha value is -2.96. The lowest BCUT2D eigenvalue weighted by Gasteiger charge is -2.22. The number of imide groups is 1. The van der Waals surface area contributed by atoms with E-state index in [0.717, 1.165) is 29.3 Å². The van der Waals surface area contributed by atoms with Crippen LogP contribution >= 0.6 is 0 Å². The maximum atomic E-state index is 13.2. The Morgan fingerprint density at radius 3 is 2.43 bits per heavy atom. The van der Waals surface area contributed by atoms with E-state index in [4.69, 9.17) is 0 Å². The van der Waals surface area contributed by atoms with E-state index in [1.54, 1.807) is 13.0 Å². The van der Waals surface area contributed by atoms with Gasteiger partial charge in [0.2, 0.25) is 0 Å². The van der Waals surface area contributed by atoms with E-state index in [2.05, 4.69) is 16.8 Å². The van der Waals surface area contributed by atoms with E-state index < -0.39 is 23.3 Å². The van der Waals surface area contributed by atoms with Crippen LogP contribution in [0.1, 0.15) is 47.6 Å². The third kappa shape index (κ3) is 3.21. The quantitative estimate of drug-likeness (QED) is 0.613. The number of Topliss-reactive ketones (excluding diaryl/α,β-unsaturated/α-hetero) is 1. The number of amides is 3. The van der Waals surface area contributed by atoms with E-state index >= 15 is 0 Å². The first-order chi connectivity index (χ1) is 13.2. The van der Waals surface area contributed by atoms with Gasteiger partial charge in [-0.25, -0.2) is 9.18 Å². The fourth-order valence-electron chi connectivity index (χ4n) is 3.70. The second kappa shape index (κ2) is 7.22. The van der Waals surface area contributed by atoms with Crippen molar-refractivity contribution in [3.8, 4) is 0 Å². The van der Waals surface area contributed by atoms with Gasteiger partial charge in [0.05, 0.1) is 6.54 Å². The predicted octanol–water partition coefficient (Wildman–Crippen LogP) is 3.30. The second-order valence-electron chi connectivity index (χ2n) is 7.31. The Kier molecular flexibility index (Phi) is 5.10. The highest BCUT2D eigenvalue weighted by Crippen LogP contribution is 2.29. The second-order valence-corrected chi connectivity index (χ2v) is 7.31. The summed E-state index contributed by atoms with van der Waals surface area (Å²) >= 11 is 0. The summed E-state index contributed by atoms with van der Waals surface area (Å²) in [7, 11) is 0. The molecule has 1 atom stereocenters. The molecule has 0 radical (unpaired) electrons. The van der Waals surface area contributed by atoms with Crippen LogP contribution in [0.15, 0.2) is 30.3 Å². The van der Waals surface area contributed by atoms with E-state index in [-0.39, 0.29) is 12.3 Å². The molecule has 148 valence electrons. The van der Waals surface area contributed by atoms with E-state index in [9.17, 15) is 18.8 Å². The van der Waals surface area contributed by atoms with E-state index in [1.165, 1.54) is 24.3 Å². The van der Waals surface area contributed by atoms with E-state index in [0.29, 0.717) is 11.1 Å². The molecule has 1 aromatic heterocycles. The van der Waals surface area contributed by atoms with Gasteiger partial charge in [0, 0.05) is 23.5 Å². The monoisotopic (exact) mass is 385 g/mol. The van der Waals surface area contributed by atoms with Gasteiger partial charge in [-0.3, -0.25) is 14.5 Å². The highest BCUT2D eigenvalue weighted by Gasteiger charge is 2.49. The number of rotatable bonds is 6. The molecule has 1 saturated heterocycles. The van der Waals surface area contributed by atoms with Crippen molar-refractivity contribution in [3.63, 3.8) is 0 Å². The topological polar surface area (TPSA) is 71.4 Å². The first-order valence-electron chi connectivity index (χ1n) is 9.29. The van der Waals surface area contributed by atoms with Crippen LogP contribution in [0.2, 0.25) is 0 Å². The predicted molar refractivity (Wildman–Crippen MR) is 103 cm³/mol. The summed E-state index contributed by atoms with van der Waals surface area (Å²) in [5.74, 6) is -1.25. The summed E-state index contributed by atoms with van der Waals surface area (Å²) in [6.45, 7) is 7.87. The van der Waals surface area contributed by atoms with Crippen molar-refractivity contribution < 1.29 is 18.8 Å². The highest BCUT2D eigenvalue weighted by atomic mass is 19.1.